The number of rotatable bonds is 3. The molecule has 0 aliphatic rings. The van der Waals surface area contributed by atoms with Gasteiger partial charge in [-0.3, -0.25) is 0 Å². The number of carboxylic acid groups (broad SMARTS) is 1. The van der Waals surface area contributed by atoms with E-state index in [-0.39, 0.29) is 5.56 Å². The van der Waals surface area contributed by atoms with Gasteiger partial charge in [-0.1, -0.05) is 30.3 Å². The van der Waals surface area contributed by atoms with E-state index >= 15 is 0 Å². The number of nitrogens with zero attached hydrogens (tertiary/aromatic N) is 1. The van der Waals surface area contributed by atoms with Crippen LogP contribution in [0.2, 0.25) is 0 Å². The van der Waals surface area contributed by atoms with E-state index in [1.165, 1.54) is 6.07 Å². The fourth-order valence-electron chi connectivity index (χ4n) is 2.27. The molecule has 0 aliphatic carbocycles. The molecule has 1 aromatic heterocycles. The van der Waals surface area contributed by atoms with Crippen molar-refractivity contribution in [2.75, 3.05) is 5.32 Å². The average Bonchev–Trinajstić information content (AvgIpc) is 2.46. The average molecular weight is 278 g/mol. The van der Waals surface area contributed by atoms with Gasteiger partial charge >= 0.3 is 5.97 Å². The third-order valence-electron chi connectivity index (χ3n) is 3.22. The zero-order chi connectivity index (χ0) is 14.8. The predicted molar refractivity (Wildman–Crippen MR) is 83.2 cm³/mol. The Morgan fingerprint density at radius 3 is 2.57 bits per heavy atom. The summed E-state index contributed by atoms with van der Waals surface area (Å²) in [6.07, 6.45) is 0. The Bertz CT molecular complexity index is 828. The lowest BCUT2D eigenvalue weighted by Gasteiger charge is -2.08. The van der Waals surface area contributed by atoms with Crippen LogP contribution >= 0.6 is 0 Å². The fraction of sp³-hybridized carbons (Fsp3) is 0.0588. The van der Waals surface area contributed by atoms with E-state index in [4.69, 9.17) is 5.11 Å². The van der Waals surface area contributed by atoms with Crippen molar-refractivity contribution < 1.29 is 9.90 Å². The van der Waals surface area contributed by atoms with Gasteiger partial charge in [0, 0.05) is 11.4 Å². The molecule has 2 N–H and O–H groups in total. The zero-order valence-corrected chi connectivity index (χ0v) is 11.5. The molecule has 0 atom stereocenters. The number of hydrogen-bond donors (Lipinski definition) is 2. The van der Waals surface area contributed by atoms with Gasteiger partial charge in [-0.15, -0.1) is 0 Å². The molecule has 4 nitrogen and oxygen atoms in total. The molecule has 0 aliphatic heterocycles. The summed E-state index contributed by atoms with van der Waals surface area (Å²) in [6, 6.07) is 17.1. The highest BCUT2D eigenvalue weighted by atomic mass is 16.4. The zero-order valence-electron chi connectivity index (χ0n) is 11.5. The molecule has 3 aromatic rings. The molecule has 0 bridgehead atoms. The number of fused-ring (bicyclic) bond motifs is 1. The van der Waals surface area contributed by atoms with Gasteiger partial charge in [0.15, 0.2) is 0 Å². The minimum absolute atomic E-state index is 0.228. The molecule has 0 unspecified atom stereocenters. The fourth-order valence-corrected chi connectivity index (χ4v) is 2.27. The summed E-state index contributed by atoms with van der Waals surface area (Å²) in [5, 5.41) is 14.5. The number of nitrogens with one attached hydrogen (secondary N) is 1. The van der Waals surface area contributed by atoms with Crippen LogP contribution < -0.4 is 5.32 Å². The summed E-state index contributed by atoms with van der Waals surface area (Å²) < 4.78 is 0. The monoisotopic (exact) mass is 278 g/mol. The van der Waals surface area contributed by atoms with E-state index in [0.717, 1.165) is 16.5 Å². The third kappa shape index (κ3) is 2.84. The summed E-state index contributed by atoms with van der Waals surface area (Å²) in [6.45, 7) is 1.78. The highest BCUT2D eigenvalue weighted by Crippen LogP contribution is 2.22. The molecular formula is C17H14N2O2. The molecule has 0 spiro atoms. The van der Waals surface area contributed by atoms with E-state index in [2.05, 4.69) is 10.3 Å². The molecule has 0 radical (unpaired) electrons. The number of aromatic nitrogens is 1. The maximum absolute atomic E-state index is 11.1. The van der Waals surface area contributed by atoms with E-state index < -0.39 is 5.97 Å². The second-order valence-corrected chi connectivity index (χ2v) is 4.87. The number of pyridine rings is 1. The smallest absolute Gasteiger partial charge is 0.335 e. The predicted octanol–water partition coefficient (Wildman–Crippen LogP) is 3.99. The Labute approximate surface area is 122 Å². The molecule has 21 heavy (non-hydrogen) atoms. The third-order valence-corrected chi connectivity index (χ3v) is 3.22. The number of aryl methyl sites for hydroxylation is 1. The first kappa shape index (κ1) is 13.1. The van der Waals surface area contributed by atoms with Crippen LogP contribution in [0.5, 0.6) is 0 Å². The van der Waals surface area contributed by atoms with Crippen LogP contribution in [0.1, 0.15) is 16.1 Å². The number of anilines is 2. The molecule has 104 valence electrons. The first-order chi connectivity index (χ1) is 10.1. The van der Waals surface area contributed by atoms with Crippen LogP contribution in [0.3, 0.4) is 0 Å². The Hall–Kier alpha value is -2.88. The number of hydrogen-bond acceptors (Lipinski definition) is 3. The van der Waals surface area contributed by atoms with Gasteiger partial charge in [-0.2, -0.15) is 0 Å². The lowest BCUT2D eigenvalue weighted by molar-refractivity contribution is 0.0696. The van der Waals surface area contributed by atoms with Crippen LogP contribution in [0.4, 0.5) is 11.5 Å². The van der Waals surface area contributed by atoms with Crippen molar-refractivity contribution in [3.05, 3.63) is 65.9 Å². The molecule has 4 heteroatoms. The van der Waals surface area contributed by atoms with Crippen LogP contribution in [0.25, 0.3) is 10.8 Å². The van der Waals surface area contributed by atoms with E-state index in [1.807, 2.05) is 42.5 Å². The molecule has 3 rings (SSSR count). The van der Waals surface area contributed by atoms with Crippen molar-refractivity contribution in [1.82, 2.24) is 4.98 Å². The SMILES string of the molecule is Cc1cc(C(=O)O)cc(Nc2ccc3ccccc3c2)n1. The Balaban J connectivity index is 1.96. The van der Waals surface area contributed by atoms with Crippen molar-refractivity contribution in [3.8, 4) is 0 Å². The van der Waals surface area contributed by atoms with E-state index in [1.54, 1.807) is 13.0 Å². The molecular weight excluding hydrogens is 264 g/mol. The van der Waals surface area contributed by atoms with Crippen molar-refractivity contribution in [2.24, 2.45) is 0 Å². The van der Waals surface area contributed by atoms with Gasteiger partial charge in [-0.05, 0) is 42.0 Å². The van der Waals surface area contributed by atoms with Gasteiger partial charge < -0.3 is 10.4 Å². The molecule has 0 amide bonds. The number of benzene rings is 2. The van der Waals surface area contributed by atoms with Crippen LogP contribution in [0.15, 0.2) is 54.6 Å². The number of aromatic carboxylic acids is 1. The van der Waals surface area contributed by atoms with Gasteiger partial charge in [0.05, 0.1) is 5.56 Å². The quantitative estimate of drug-likeness (QED) is 0.760. The molecule has 0 saturated carbocycles. The molecule has 2 aromatic carbocycles. The van der Waals surface area contributed by atoms with Crippen molar-refractivity contribution in [1.29, 1.82) is 0 Å². The van der Waals surface area contributed by atoms with Crippen molar-refractivity contribution >= 4 is 28.2 Å². The maximum Gasteiger partial charge on any atom is 0.335 e. The number of carbonyl (C=O) groups is 1. The lowest BCUT2D eigenvalue weighted by atomic mass is 10.1. The van der Waals surface area contributed by atoms with Gasteiger partial charge in [0.2, 0.25) is 0 Å². The van der Waals surface area contributed by atoms with Gasteiger partial charge in [0.1, 0.15) is 5.82 Å². The Kier molecular flexibility index (Phi) is 3.28. The van der Waals surface area contributed by atoms with E-state index in [0.29, 0.717) is 11.5 Å². The van der Waals surface area contributed by atoms with Crippen LogP contribution in [-0.2, 0) is 0 Å². The first-order valence-electron chi connectivity index (χ1n) is 6.60. The second kappa shape index (κ2) is 5.25. The van der Waals surface area contributed by atoms with Gasteiger partial charge in [-0.25, -0.2) is 9.78 Å². The Morgan fingerprint density at radius 1 is 1.05 bits per heavy atom. The summed E-state index contributed by atoms with van der Waals surface area (Å²) in [5.74, 6) is -0.426. The summed E-state index contributed by atoms with van der Waals surface area (Å²) in [5.41, 5.74) is 1.77. The highest BCUT2D eigenvalue weighted by molar-refractivity contribution is 5.89. The Morgan fingerprint density at radius 2 is 1.81 bits per heavy atom. The normalized spacial score (nSPS) is 10.5. The molecule has 0 fully saturated rings. The summed E-state index contributed by atoms with van der Waals surface area (Å²) in [4.78, 5) is 15.4. The summed E-state index contributed by atoms with van der Waals surface area (Å²) >= 11 is 0. The van der Waals surface area contributed by atoms with Gasteiger partial charge in [0.25, 0.3) is 0 Å². The molecule has 1 heterocycles. The second-order valence-electron chi connectivity index (χ2n) is 4.87. The van der Waals surface area contributed by atoms with Crippen LogP contribution in [0, 0.1) is 6.92 Å². The lowest BCUT2D eigenvalue weighted by Crippen LogP contribution is -2.02. The highest BCUT2D eigenvalue weighted by Gasteiger charge is 2.07. The van der Waals surface area contributed by atoms with Crippen LogP contribution in [-0.4, -0.2) is 16.1 Å². The minimum Gasteiger partial charge on any atom is -0.478 e. The standard InChI is InChI=1S/C17H14N2O2/c1-11-8-14(17(20)21)10-16(18-11)19-15-7-6-12-4-2-3-5-13(12)9-15/h2-10H,1H3,(H,18,19)(H,20,21). The topological polar surface area (TPSA) is 62.2 Å². The largest absolute Gasteiger partial charge is 0.478 e. The minimum atomic E-state index is -0.956. The first-order valence-corrected chi connectivity index (χ1v) is 6.60. The molecule has 0 saturated heterocycles. The van der Waals surface area contributed by atoms with E-state index in [9.17, 15) is 4.79 Å². The summed E-state index contributed by atoms with van der Waals surface area (Å²) in [7, 11) is 0. The van der Waals surface area contributed by atoms with Crippen molar-refractivity contribution in [3.63, 3.8) is 0 Å². The van der Waals surface area contributed by atoms with Crippen molar-refractivity contribution in [2.45, 2.75) is 6.92 Å². The maximum atomic E-state index is 11.1. The number of carboxylic acids is 1.